The summed E-state index contributed by atoms with van der Waals surface area (Å²) in [7, 11) is 0. The van der Waals surface area contributed by atoms with Gasteiger partial charge in [0.1, 0.15) is 0 Å². The van der Waals surface area contributed by atoms with Crippen LogP contribution in [0, 0.1) is 6.92 Å². The van der Waals surface area contributed by atoms with Gasteiger partial charge in [-0.15, -0.1) is 23.2 Å². The highest BCUT2D eigenvalue weighted by molar-refractivity contribution is 9.10. The molecule has 0 radical (unpaired) electrons. The van der Waals surface area contributed by atoms with Crippen LogP contribution in [0.3, 0.4) is 0 Å². The second-order valence-electron chi connectivity index (χ2n) is 3.61. The lowest BCUT2D eigenvalue weighted by atomic mass is 10.1. The van der Waals surface area contributed by atoms with Crippen molar-refractivity contribution in [2.24, 2.45) is 0 Å². The van der Waals surface area contributed by atoms with Gasteiger partial charge < -0.3 is 4.90 Å². The van der Waals surface area contributed by atoms with Crippen LogP contribution in [-0.2, 0) is 0 Å². The Kier molecular flexibility index (Phi) is 6.31. The predicted molar refractivity (Wildman–Crippen MR) is 76.2 cm³/mol. The van der Waals surface area contributed by atoms with E-state index in [0.29, 0.717) is 30.4 Å². The molecule has 0 aliphatic carbocycles. The fraction of sp³-hybridized carbons (Fsp3) is 0.417. The SMILES string of the molecule is Cc1cccc(C(=O)N(CCCl)CCCl)c1Br. The van der Waals surface area contributed by atoms with Gasteiger partial charge in [0, 0.05) is 29.3 Å². The number of nitrogens with zero attached hydrogens (tertiary/aromatic N) is 1. The van der Waals surface area contributed by atoms with Crippen LogP contribution in [0.4, 0.5) is 0 Å². The van der Waals surface area contributed by atoms with Crippen LogP contribution in [0.2, 0.25) is 0 Å². The highest BCUT2D eigenvalue weighted by Gasteiger charge is 2.17. The molecular formula is C12H14BrCl2NO. The van der Waals surface area contributed by atoms with Crippen molar-refractivity contribution >= 4 is 45.0 Å². The van der Waals surface area contributed by atoms with Gasteiger partial charge >= 0.3 is 0 Å². The van der Waals surface area contributed by atoms with Crippen molar-refractivity contribution in [2.75, 3.05) is 24.8 Å². The average Bonchev–Trinajstić information content (AvgIpc) is 2.31. The van der Waals surface area contributed by atoms with Gasteiger partial charge in [-0.3, -0.25) is 4.79 Å². The van der Waals surface area contributed by atoms with Crippen LogP contribution in [0.1, 0.15) is 15.9 Å². The van der Waals surface area contributed by atoms with E-state index in [-0.39, 0.29) is 5.91 Å². The Morgan fingerprint density at radius 2 is 1.88 bits per heavy atom. The first kappa shape index (κ1) is 14.8. The summed E-state index contributed by atoms with van der Waals surface area (Å²) in [5.41, 5.74) is 1.69. The molecule has 0 saturated heterocycles. The van der Waals surface area contributed by atoms with Crippen molar-refractivity contribution in [1.29, 1.82) is 0 Å². The van der Waals surface area contributed by atoms with Crippen LogP contribution < -0.4 is 0 Å². The molecule has 0 spiro atoms. The molecule has 0 bridgehead atoms. The molecule has 0 aliphatic rings. The lowest BCUT2D eigenvalue weighted by molar-refractivity contribution is 0.0774. The highest BCUT2D eigenvalue weighted by Crippen LogP contribution is 2.22. The van der Waals surface area contributed by atoms with E-state index < -0.39 is 0 Å². The molecule has 5 heteroatoms. The van der Waals surface area contributed by atoms with E-state index in [1.54, 1.807) is 11.0 Å². The number of rotatable bonds is 5. The first-order valence-corrected chi connectivity index (χ1v) is 7.14. The van der Waals surface area contributed by atoms with Crippen molar-refractivity contribution in [3.8, 4) is 0 Å². The summed E-state index contributed by atoms with van der Waals surface area (Å²) >= 11 is 14.8. The lowest BCUT2D eigenvalue weighted by Crippen LogP contribution is -2.34. The zero-order chi connectivity index (χ0) is 12.8. The van der Waals surface area contributed by atoms with Gasteiger partial charge in [0.2, 0.25) is 0 Å². The largest absolute Gasteiger partial charge is 0.336 e. The summed E-state index contributed by atoms with van der Waals surface area (Å²) in [5.74, 6) is 0.778. The number of aryl methyl sites for hydroxylation is 1. The van der Waals surface area contributed by atoms with E-state index in [4.69, 9.17) is 23.2 Å². The minimum absolute atomic E-state index is 0.0399. The molecule has 0 unspecified atom stereocenters. The number of benzene rings is 1. The number of halogens is 3. The third-order valence-electron chi connectivity index (χ3n) is 2.42. The number of amides is 1. The van der Waals surface area contributed by atoms with E-state index in [1.165, 1.54) is 0 Å². The number of hydrogen-bond donors (Lipinski definition) is 0. The Bertz CT molecular complexity index is 392. The third-order valence-corrected chi connectivity index (χ3v) is 3.81. The van der Waals surface area contributed by atoms with Crippen molar-refractivity contribution in [2.45, 2.75) is 6.92 Å². The van der Waals surface area contributed by atoms with Crippen molar-refractivity contribution in [3.63, 3.8) is 0 Å². The lowest BCUT2D eigenvalue weighted by Gasteiger charge is -2.21. The number of carbonyl (C=O) groups is 1. The monoisotopic (exact) mass is 337 g/mol. The van der Waals surface area contributed by atoms with Crippen LogP contribution in [0.15, 0.2) is 22.7 Å². The van der Waals surface area contributed by atoms with Crippen molar-refractivity contribution in [3.05, 3.63) is 33.8 Å². The standard InChI is InChI=1S/C12H14BrCl2NO/c1-9-3-2-4-10(11(9)13)12(17)16(7-5-14)8-6-15/h2-4H,5-8H2,1H3. The van der Waals surface area contributed by atoms with Gasteiger partial charge in [0.05, 0.1) is 5.56 Å². The molecule has 1 amide bonds. The number of hydrogen-bond acceptors (Lipinski definition) is 1. The van der Waals surface area contributed by atoms with E-state index in [2.05, 4.69) is 15.9 Å². The summed E-state index contributed by atoms with van der Waals surface area (Å²) in [6, 6.07) is 5.62. The third kappa shape index (κ3) is 3.87. The maximum absolute atomic E-state index is 12.3. The van der Waals surface area contributed by atoms with Crippen LogP contribution >= 0.6 is 39.1 Å². The second kappa shape index (κ2) is 7.24. The molecule has 2 nitrogen and oxygen atoms in total. The Hall–Kier alpha value is -0.250. The minimum atomic E-state index is -0.0399. The molecular weight excluding hydrogens is 325 g/mol. The molecule has 0 aliphatic heterocycles. The fourth-order valence-electron chi connectivity index (χ4n) is 1.50. The first-order chi connectivity index (χ1) is 8.11. The topological polar surface area (TPSA) is 20.3 Å². The Balaban J connectivity index is 2.96. The highest BCUT2D eigenvalue weighted by atomic mass is 79.9. The number of carbonyl (C=O) groups excluding carboxylic acids is 1. The van der Waals surface area contributed by atoms with E-state index >= 15 is 0 Å². The summed E-state index contributed by atoms with van der Waals surface area (Å²) in [4.78, 5) is 13.9. The molecule has 94 valence electrons. The average molecular weight is 339 g/mol. The van der Waals surface area contributed by atoms with Gasteiger partial charge in [0.25, 0.3) is 5.91 Å². The summed E-state index contributed by atoms with van der Waals surface area (Å²) in [5, 5.41) is 0. The fourth-order valence-corrected chi connectivity index (χ4v) is 2.34. The minimum Gasteiger partial charge on any atom is -0.336 e. The van der Waals surface area contributed by atoms with E-state index in [0.717, 1.165) is 10.0 Å². The number of alkyl halides is 2. The predicted octanol–water partition coefficient (Wildman–Crippen LogP) is 3.68. The van der Waals surface area contributed by atoms with E-state index in [9.17, 15) is 4.79 Å². The molecule has 0 fully saturated rings. The molecule has 0 N–H and O–H groups in total. The van der Waals surface area contributed by atoms with Gasteiger partial charge in [-0.1, -0.05) is 12.1 Å². The molecule has 0 saturated carbocycles. The second-order valence-corrected chi connectivity index (χ2v) is 5.16. The van der Waals surface area contributed by atoms with Crippen molar-refractivity contribution in [1.82, 2.24) is 4.90 Å². The molecule has 0 aromatic heterocycles. The maximum atomic E-state index is 12.3. The van der Waals surface area contributed by atoms with Gasteiger partial charge in [-0.25, -0.2) is 0 Å². The van der Waals surface area contributed by atoms with E-state index in [1.807, 2.05) is 19.1 Å². The Morgan fingerprint density at radius 1 is 1.29 bits per heavy atom. The quantitative estimate of drug-likeness (QED) is 0.750. The Morgan fingerprint density at radius 3 is 2.41 bits per heavy atom. The maximum Gasteiger partial charge on any atom is 0.255 e. The molecule has 0 heterocycles. The van der Waals surface area contributed by atoms with Gasteiger partial charge in [-0.05, 0) is 34.5 Å². The Labute approximate surface area is 120 Å². The van der Waals surface area contributed by atoms with Crippen LogP contribution in [0.5, 0.6) is 0 Å². The smallest absolute Gasteiger partial charge is 0.255 e. The van der Waals surface area contributed by atoms with Crippen LogP contribution in [0.25, 0.3) is 0 Å². The molecule has 17 heavy (non-hydrogen) atoms. The first-order valence-electron chi connectivity index (χ1n) is 5.28. The zero-order valence-electron chi connectivity index (χ0n) is 9.55. The van der Waals surface area contributed by atoms with Gasteiger partial charge in [-0.2, -0.15) is 0 Å². The summed E-state index contributed by atoms with van der Waals surface area (Å²) in [6.07, 6.45) is 0. The molecule has 1 aromatic rings. The normalized spacial score (nSPS) is 10.4. The molecule has 0 atom stereocenters. The summed E-state index contributed by atoms with van der Waals surface area (Å²) in [6.45, 7) is 2.97. The summed E-state index contributed by atoms with van der Waals surface area (Å²) < 4.78 is 0.833. The van der Waals surface area contributed by atoms with Crippen LogP contribution in [-0.4, -0.2) is 35.7 Å². The zero-order valence-corrected chi connectivity index (χ0v) is 12.6. The van der Waals surface area contributed by atoms with Crippen molar-refractivity contribution < 1.29 is 4.79 Å². The molecule has 1 aromatic carbocycles. The molecule has 1 rings (SSSR count). The van der Waals surface area contributed by atoms with Gasteiger partial charge in [0.15, 0.2) is 0 Å².